The molecule has 0 radical (unpaired) electrons. The predicted octanol–water partition coefficient (Wildman–Crippen LogP) is 3.09. The van der Waals surface area contributed by atoms with Gasteiger partial charge in [0.1, 0.15) is 0 Å². The van der Waals surface area contributed by atoms with E-state index in [-0.39, 0.29) is 5.56 Å². The molecule has 6 aliphatic rings. The minimum absolute atomic E-state index is 0.213. The second-order valence-electron chi connectivity index (χ2n) is 9.57. The Labute approximate surface area is 144 Å². The summed E-state index contributed by atoms with van der Waals surface area (Å²) in [5, 5.41) is 0. The molecule has 3 heterocycles. The Morgan fingerprint density at radius 1 is 0.792 bits per heavy atom. The van der Waals surface area contributed by atoms with Gasteiger partial charge in [-0.1, -0.05) is 6.07 Å². The number of rotatable bonds is 1. The van der Waals surface area contributed by atoms with Crippen LogP contribution in [0.2, 0.25) is 0 Å². The molecule has 2 unspecified atom stereocenters. The Bertz CT molecular complexity index is 695. The lowest BCUT2D eigenvalue weighted by atomic mass is 9.53. The molecule has 0 N–H and O–H groups in total. The minimum Gasteiger partial charge on any atom is -0.312 e. The van der Waals surface area contributed by atoms with Crippen LogP contribution in [0.4, 0.5) is 0 Å². The van der Waals surface area contributed by atoms with Gasteiger partial charge in [-0.05, 0) is 74.2 Å². The highest BCUT2D eigenvalue weighted by Crippen LogP contribution is 2.56. The molecular weight excluding hydrogens is 296 g/mol. The summed E-state index contributed by atoms with van der Waals surface area (Å²) in [4.78, 5) is 15.1. The number of fused-ring (bicyclic) bond motifs is 4. The van der Waals surface area contributed by atoms with E-state index in [4.69, 9.17) is 0 Å². The zero-order valence-corrected chi connectivity index (χ0v) is 14.4. The minimum atomic E-state index is 0.213. The topological polar surface area (TPSA) is 25.2 Å². The average Bonchev–Trinajstić information content (AvgIpc) is 2.55. The van der Waals surface area contributed by atoms with Gasteiger partial charge in [-0.2, -0.15) is 0 Å². The standard InChI is InChI=1S/C21H28N2O/c24-20-3-1-2-19-18-9-15(11-23(19)20)10-22(12-18)21-16-5-13-4-14(7-16)8-17(21)6-13/h1-3,13-18,21H,4-12H2. The molecule has 0 amide bonds. The lowest BCUT2D eigenvalue weighted by Crippen LogP contribution is -2.60. The van der Waals surface area contributed by atoms with Crippen LogP contribution in [-0.2, 0) is 6.54 Å². The third-order valence-electron chi connectivity index (χ3n) is 8.11. The molecule has 2 atom stereocenters. The highest BCUT2D eigenvalue weighted by Gasteiger charge is 2.51. The lowest BCUT2D eigenvalue weighted by Gasteiger charge is -2.59. The molecule has 5 fully saturated rings. The summed E-state index contributed by atoms with van der Waals surface area (Å²) >= 11 is 0. The van der Waals surface area contributed by atoms with Gasteiger partial charge in [0.05, 0.1) is 0 Å². The van der Waals surface area contributed by atoms with Crippen LogP contribution in [0, 0.1) is 29.6 Å². The SMILES string of the molecule is O=c1cccc2n1CC1CC2CN(C2C3CC4CC(C3)CC2C4)C1. The Morgan fingerprint density at radius 3 is 2.29 bits per heavy atom. The van der Waals surface area contributed by atoms with Crippen LogP contribution < -0.4 is 5.56 Å². The van der Waals surface area contributed by atoms with Gasteiger partial charge in [0.25, 0.3) is 5.56 Å². The van der Waals surface area contributed by atoms with Gasteiger partial charge in [-0.3, -0.25) is 9.69 Å². The van der Waals surface area contributed by atoms with Crippen molar-refractivity contribution in [2.24, 2.45) is 29.6 Å². The Morgan fingerprint density at radius 2 is 1.54 bits per heavy atom. The molecule has 4 saturated carbocycles. The molecule has 128 valence electrons. The van der Waals surface area contributed by atoms with Crippen LogP contribution in [0.1, 0.15) is 50.1 Å². The van der Waals surface area contributed by atoms with E-state index in [9.17, 15) is 4.79 Å². The van der Waals surface area contributed by atoms with Crippen LogP contribution in [0.3, 0.4) is 0 Å². The monoisotopic (exact) mass is 324 g/mol. The van der Waals surface area contributed by atoms with E-state index in [1.807, 2.05) is 6.07 Å². The van der Waals surface area contributed by atoms with Gasteiger partial charge in [-0.25, -0.2) is 0 Å². The van der Waals surface area contributed by atoms with Crippen molar-refractivity contribution >= 4 is 0 Å². The predicted molar refractivity (Wildman–Crippen MR) is 94.0 cm³/mol. The van der Waals surface area contributed by atoms with Gasteiger partial charge < -0.3 is 4.57 Å². The molecule has 3 heteroatoms. The van der Waals surface area contributed by atoms with Crippen LogP contribution >= 0.6 is 0 Å². The molecule has 7 rings (SSSR count). The summed E-state index contributed by atoms with van der Waals surface area (Å²) < 4.78 is 2.08. The van der Waals surface area contributed by atoms with E-state index in [0.717, 1.165) is 36.3 Å². The Hall–Kier alpha value is -1.09. The van der Waals surface area contributed by atoms with E-state index in [0.29, 0.717) is 11.8 Å². The van der Waals surface area contributed by atoms with Gasteiger partial charge in [0.15, 0.2) is 0 Å². The van der Waals surface area contributed by atoms with E-state index in [2.05, 4.69) is 15.5 Å². The van der Waals surface area contributed by atoms with Crippen molar-refractivity contribution in [3.05, 3.63) is 34.2 Å². The van der Waals surface area contributed by atoms with Crippen molar-refractivity contribution in [2.75, 3.05) is 13.1 Å². The normalized spacial score (nSPS) is 46.1. The lowest BCUT2D eigenvalue weighted by molar-refractivity contribution is -0.0819. The summed E-state index contributed by atoms with van der Waals surface area (Å²) in [5.41, 5.74) is 1.53. The molecule has 3 nitrogen and oxygen atoms in total. The molecular formula is C21H28N2O. The smallest absolute Gasteiger partial charge is 0.250 e. The first-order valence-electron chi connectivity index (χ1n) is 10.2. The zero-order valence-electron chi connectivity index (χ0n) is 14.4. The number of nitrogens with zero attached hydrogens (tertiary/aromatic N) is 2. The summed E-state index contributed by atoms with van der Waals surface area (Å²) in [6.45, 7) is 3.40. The van der Waals surface area contributed by atoms with Crippen LogP contribution in [0.15, 0.2) is 23.0 Å². The summed E-state index contributed by atoms with van der Waals surface area (Å²) in [7, 11) is 0. The maximum absolute atomic E-state index is 12.2. The molecule has 6 bridgehead atoms. The van der Waals surface area contributed by atoms with Crippen molar-refractivity contribution in [1.82, 2.24) is 9.47 Å². The van der Waals surface area contributed by atoms with Crippen molar-refractivity contribution in [3.63, 3.8) is 0 Å². The van der Waals surface area contributed by atoms with E-state index in [1.54, 1.807) is 12.5 Å². The number of aromatic nitrogens is 1. The summed E-state index contributed by atoms with van der Waals surface area (Å²) in [6, 6.07) is 6.78. The first-order valence-corrected chi connectivity index (χ1v) is 10.2. The second kappa shape index (κ2) is 4.97. The Kier molecular flexibility index (Phi) is 2.92. The van der Waals surface area contributed by atoms with Crippen LogP contribution in [0.25, 0.3) is 0 Å². The molecule has 0 spiro atoms. The Balaban J connectivity index is 1.31. The maximum atomic E-state index is 12.2. The third kappa shape index (κ3) is 1.97. The molecule has 1 aromatic rings. The first kappa shape index (κ1) is 14.1. The van der Waals surface area contributed by atoms with Crippen LogP contribution in [-0.4, -0.2) is 28.6 Å². The van der Waals surface area contributed by atoms with Crippen molar-refractivity contribution < 1.29 is 0 Å². The van der Waals surface area contributed by atoms with Gasteiger partial charge in [0, 0.05) is 43.4 Å². The number of piperidine rings is 1. The highest BCUT2D eigenvalue weighted by molar-refractivity contribution is 5.17. The molecule has 1 saturated heterocycles. The molecule has 4 aliphatic carbocycles. The molecule has 0 aromatic carbocycles. The van der Waals surface area contributed by atoms with E-state index in [1.165, 1.54) is 50.9 Å². The van der Waals surface area contributed by atoms with E-state index < -0.39 is 0 Å². The number of hydrogen-bond acceptors (Lipinski definition) is 2. The second-order valence-corrected chi connectivity index (χ2v) is 9.57. The molecule has 1 aromatic heterocycles. The van der Waals surface area contributed by atoms with Crippen molar-refractivity contribution in [3.8, 4) is 0 Å². The third-order valence-corrected chi connectivity index (χ3v) is 8.11. The fraction of sp³-hybridized carbons (Fsp3) is 0.762. The largest absolute Gasteiger partial charge is 0.312 e. The quantitative estimate of drug-likeness (QED) is 0.793. The van der Waals surface area contributed by atoms with E-state index >= 15 is 0 Å². The number of hydrogen-bond donors (Lipinski definition) is 0. The average molecular weight is 324 g/mol. The zero-order chi connectivity index (χ0) is 15.8. The van der Waals surface area contributed by atoms with Gasteiger partial charge >= 0.3 is 0 Å². The first-order chi connectivity index (χ1) is 11.7. The van der Waals surface area contributed by atoms with Gasteiger partial charge in [-0.15, -0.1) is 0 Å². The number of pyridine rings is 1. The fourth-order valence-corrected chi connectivity index (χ4v) is 7.67. The van der Waals surface area contributed by atoms with Crippen molar-refractivity contribution in [1.29, 1.82) is 0 Å². The summed E-state index contributed by atoms with van der Waals surface area (Å²) in [5.74, 6) is 5.37. The molecule has 2 aliphatic heterocycles. The van der Waals surface area contributed by atoms with Gasteiger partial charge in [0.2, 0.25) is 0 Å². The maximum Gasteiger partial charge on any atom is 0.250 e. The van der Waals surface area contributed by atoms with Crippen LogP contribution in [0.5, 0.6) is 0 Å². The summed E-state index contributed by atoms with van der Waals surface area (Å²) in [6.07, 6.45) is 8.90. The van der Waals surface area contributed by atoms with Crippen molar-refractivity contribution in [2.45, 2.75) is 57.0 Å². The number of likely N-dealkylation sites (tertiary alicyclic amines) is 1. The molecule has 24 heavy (non-hydrogen) atoms. The fourth-order valence-electron chi connectivity index (χ4n) is 7.67. The highest BCUT2D eigenvalue weighted by atomic mass is 16.1.